The Bertz CT molecular complexity index is 378. The number of benzene rings is 1. The number of ether oxygens (including phenoxy) is 1. The number of aliphatic hydroxyl groups excluding tert-OH is 1. The number of hydrogen-bond acceptors (Lipinski definition) is 3. The smallest absolute Gasteiger partial charge is 0.339 e. The van der Waals surface area contributed by atoms with Gasteiger partial charge in [-0.3, -0.25) is 0 Å². The zero-order valence-electron chi connectivity index (χ0n) is 8.81. The lowest BCUT2D eigenvalue weighted by atomic mass is 10.2. The minimum atomic E-state index is -1.09. The molecular formula is C11H13ClO4. The second-order valence-electron chi connectivity index (χ2n) is 3.32. The van der Waals surface area contributed by atoms with Crippen LogP contribution in [0.4, 0.5) is 0 Å². The Morgan fingerprint density at radius 3 is 2.81 bits per heavy atom. The highest BCUT2D eigenvalue weighted by Gasteiger charge is 2.12. The van der Waals surface area contributed by atoms with E-state index in [0.717, 1.165) is 0 Å². The largest absolute Gasteiger partial charge is 0.490 e. The van der Waals surface area contributed by atoms with Crippen LogP contribution in [0.3, 0.4) is 0 Å². The molecule has 1 unspecified atom stereocenters. The number of carbonyl (C=O) groups is 1. The van der Waals surface area contributed by atoms with Gasteiger partial charge >= 0.3 is 5.97 Å². The molecule has 0 amide bonds. The molecule has 5 heteroatoms. The summed E-state index contributed by atoms with van der Waals surface area (Å²) >= 11 is 5.74. The van der Waals surface area contributed by atoms with Gasteiger partial charge in [0.2, 0.25) is 0 Å². The third-order valence-corrected chi connectivity index (χ3v) is 2.31. The fourth-order valence-corrected chi connectivity index (χ4v) is 1.26. The zero-order valence-corrected chi connectivity index (χ0v) is 9.57. The maximum absolute atomic E-state index is 10.9. The van der Waals surface area contributed by atoms with Gasteiger partial charge in [0.15, 0.2) is 0 Å². The van der Waals surface area contributed by atoms with Crippen LogP contribution in [0.5, 0.6) is 5.75 Å². The first-order valence-corrected chi connectivity index (χ1v) is 5.26. The average Bonchev–Trinajstić information content (AvgIpc) is 2.25. The number of aliphatic hydroxyl groups is 1. The van der Waals surface area contributed by atoms with Crippen molar-refractivity contribution in [3.05, 3.63) is 28.8 Å². The van der Waals surface area contributed by atoms with E-state index in [1.165, 1.54) is 18.2 Å². The van der Waals surface area contributed by atoms with Crippen LogP contribution in [0.2, 0.25) is 5.02 Å². The Balaban J connectivity index is 2.84. The van der Waals surface area contributed by atoms with E-state index in [2.05, 4.69) is 0 Å². The van der Waals surface area contributed by atoms with E-state index in [-0.39, 0.29) is 17.9 Å². The molecule has 0 heterocycles. The molecule has 88 valence electrons. The third kappa shape index (κ3) is 3.40. The maximum atomic E-state index is 10.9. The van der Waals surface area contributed by atoms with Crippen LogP contribution >= 0.6 is 11.6 Å². The number of rotatable bonds is 5. The topological polar surface area (TPSA) is 66.8 Å². The van der Waals surface area contributed by atoms with E-state index in [4.69, 9.17) is 21.4 Å². The quantitative estimate of drug-likeness (QED) is 0.833. The van der Waals surface area contributed by atoms with E-state index in [1.807, 2.05) is 6.92 Å². The summed E-state index contributed by atoms with van der Waals surface area (Å²) < 4.78 is 5.22. The molecule has 4 nitrogen and oxygen atoms in total. The second kappa shape index (κ2) is 5.72. The van der Waals surface area contributed by atoms with E-state index >= 15 is 0 Å². The van der Waals surface area contributed by atoms with Crippen LogP contribution in [-0.2, 0) is 0 Å². The Kier molecular flexibility index (Phi) is 4.58. The average molecular weight is 245 g/mol. The molecule has 0 aliphatic heterocycles. The van der Waals surface area contributed by atoms with E-state index in [0.29, 0.717) is 11.4 Å². The highest BCUT2D eigenvalue weighted by molar-refractivity contribution is 6.30. The molecular weight excluding hydrogens is 232 g/mol. The standard InChI is InChI=1S/C11H13ClO4/c1-2-8(13)6-16-10-5-7(12)3-4-9(10)11(14)15/h3-5,8,13H,2,6H2,1H3,(H,14,15). The van der Waals surface area contributed by atoms with Crippen LogP contribution in [0, 0.1) is 0 Å². The third-order valence-electron chi connectivity index (χ3n) is 2.08. The Morgan fingerprint density at radius 1 is 1.56 bits per heavy atom. The summed E-state index contributed by atoms with van der Waals surface area (Å²) in [6.07, 6.45) is -0.0659. The molecule has 0 bridgehead atoms. The van der Waals surface area contributed by atoms with Gasteiger partial charge in [-0.15, -0.1) is 0 Å². The van der Waals surface area contributed by atoms with Crippen molar-refractivity contribution in [3.63, 3.8) is 0 Å². The summed E-state index contributed by atoms with van der Waals surface area (Å²) in [5.41, 5.74) is 0.0349. The molecule has 1 aromatic carbocycles. The minimum absolute atomic E-state index is 0.0349. The lowest BCUT2D eigenvalue weighted by Crippen LogP contribution is -2.17. The van der Waals surface area contributed by atoms with Crippen LogP contribution < -0.4 is 4.74 Å². The lowest BCUT2D eigenvalue weighted by Gasteiger charge is -2.12. The molecule has 0 fully saturated rings. The van der Waals surface area contributed by atoms with Crippen molar-refractivity contribution >= 4 is 17.6 Å². The predicted molar refractivity (Wildman–Crippen MR) is 60.2 cm³/mol. The molecule has 0 spiro atoms. The molecule has 0 saturated carbocycles. The Hall–Kier alpha value is -1.26. The molecule has 0 radical (unpaired) electrons. The van der Waals surface area contributed by atoms with Gasteiger partial charge in [0.25, 0.3) is 0 Å². The summed E-state index contributed by atoms with van der Waals surface area (Å²) in [5, 5.41) is 18.6. The number of halogens is 1. The molecule has 0 aliphatic rings. The lowest BCUT2D eigenvalue weighted by molar-refractivity contribution is 0.0682. The highest BCUT2D eigenvalue weighted by Crippen LogP contribution is 2.23. The van der Waals surface area contributed by atoms with E-state index < -0.39 is 12.1 Å². The first-order chi connectivity index (χ1) is 7.54. The molecule has 0 aliphatic carbocycles. The predicted octanol–water partition coefficient (Wildman–Crippen LogP) is 2.19. The highest BCUT2D eigenvalue weighted by atomic mass is 35.5. The van der Waals surface area contributed by atoms with E-state index in [1.54, 1.807) is 0 Å². The molecule has 16 heavy (non-hydrogen) atoms. The van der Waals surface area contributed by atoms with Crippen LogP contribution in [0.15, 0.2) is 18.2 Å². The summed E-state index contributed by atoms with van der Waals surface area (Å²) in [4.78, 5) is 10.9. The SMILES string of the molecule is CCC(O)COc1cc(Cl)ccc1C(=O)O. The van der Waals surface area contributed by atoms with Crippen LogP contribution in [0.25, 0.3) is 0 Å². The summed E-state index contributed by atoms with van der Waals surface area (Å²) in [6.45, 7) is 1.86. The van der Waals surface area contributed by atoms with Gasteiger partial charge in [-0.05, 0) is 24.6 Å². The first kappa shape index (κ1) is 12.8. The molecule has 1 rings (SSSR count). The summed E-state index contributed by atoms with van der Waals surface area (Å²) in [7, 11) is 0. The van der Waals surface area contributed by atoms with Crippen molar-refractivity contribution in [1.82, 2.24) is 0 Å². The summed E-state index contributed by atoms with van der Waals surface area (Å²) in [6, 6.07) is 4.28. The Labute approximate surface area is 98.4 Å². The van der Waals surface area contributed by atoms with Gasteiger partial charge in [0, 0.05) is 5.02 Å². The zero-order chi connectivity index (χ0) is 12.1. The van der Waals surface area contributed by atoms with Crippen LogP contribution in [0.1, 0.15) is 23.7 Å². The number of aromatic carboxylic acids is 1. The molecule has 1 atom stereocenters. The van der Waals surface area contributed by atoms with Crippen molar-refractivity contribution in [2.75, 3.05) is 6.61 Å². The fraction of sp³-hybridized carbons (Fsp3) is 0.364. The van der Waals surface area contributed by atoms with Crippen molar-refractivity contribution in [1.29, 1.82) is 0 Å². The molecule has 2 N–H and O–H groups in total. The van der Waals surface area contributed by atoms with Crippen molar-refractivity contribution in [2.45, 2.75) is 19.4 Å². The van der Waals surface area contributed by atoms with Crippen molar-refractivity contribution < 1.29 is 19.7 Å². The number of carboxylic acid groups (broad SMARTS) is 1. The number of hydrogen-bond donors (Lipinski definition) is 2. The second-order valence-corrected chi connectivity index (χ2v) is 3.76. The van der Waals surface area contributed by atoms with Gasteiger partial charge in [-0.25, -0.2) is 4.79 Å². The van der Waals surface area contributed by atoms with Crippen LogP contribution in [-0.4, -0.2) is 28.9 Å². The van der Waals surface area contributed by atoms with Gasteiger partial charge in [0.1, 0.15) is 17.9 Å². The molecule has 1 aromatic rings. The van der Waals surface area contributed by atoms with Crippen molar-refractivity contribution in [3.8, 4) is 5.75 Å². The fourth-order valence-electron chi connectivity index (χ4n) is 1.10. The number of carboxylic acids is 1. The molecule has 0 aromatic heterocycles. The maximum Gasteiger partial charge on any atom is 0.339 e. The Morgan fingerprint density at radius 2 is 2.25 bits per heavy atom. The van der Waals surface area contributed by atoms with E-state index in [9.17, 15) is 9.90 Å². The first-order valence-electron chi connectivity index (χ1n) is 4.88. The van der Waals surface area contributed by atoms with Gasteiger partial charge in [-0.1, -0.05) is 18.5 Å². The van der Waals surface area contributed by atoms with Gasteiger partial charge in [-0.2, -0.15) is 0 Å². The molecule has 0 saturated heterocycles. The summed E-state index contributed by atoms with van der Waals surface area (Å²) in [5.74, 6) is -0.912. The van der Waals surface area contributed by atoms with Gasteiger partial charge in [0.05, 0.1) is 6.10 Å². The normalized spacial score (nSPS) is 12.2. The van der Waals surface area contributed by atoms with Crippen molar-refractivity contribution in [2.24, 2.45) is 0 Å². The monoisotopic (exact) mass is 244 g/mol. The van der Waals surface area contributed by atoms with Gasteiger partial charge < -0.3 is 14.9 Å². The minimum Gasteiger partial charge on any atom is -0.490 e.